The molecule has 0 aliphatic heterocycles. The number of alkyl halides is 4. The summed E-state index contributed by atoms with van der Waals surface area (Å²) in [6, 6.07) is 3.64. The summed E-state index contributed by atoms with van der Waals surface area (Å²) in [6.07, 6.45) is -5.12. The number of hydrogen-bond donors (Lipinski definition) is 0. The second kappa shape index (κ2) is 6.09. The summed E-state index contributed by atoms with van der Waals surface area (Å²) in [5, 5.41) is 0.536. The molecule has 0 fully saturated rings. The zero-order chi connectivity index (χ0) is 13.1. The molecule has 0 saturated carbocycles. The number of rotatable bonds is 4. The molecule has 0 heterocycles. The molecule has 0 unspecified atom stereocenters. The molecule has 0 aliphatic carbocycles. The van der Waals surface area contributed by atoms with Crippen molar-refractivity contribution in [1.82, 2.24) is 0 Å². The van der Waals surface area contributed by atoms with Gasteiger partial charge in [-0.15, -0.1) is 0 Å². The van der Waals surface area contributed by atoms with Gasteiger partial charge in [-0.05, 0) is 24.6 Å². The number of hydrogen-bond acceptors (Lipinski definition) is 1. The third-order valence-electron chi connectivity index (χ3n) is 2.09. The van der Waals surface area contributed by atoms with Crippen LogP contribution < -0.4 is 4.74 Å². The van der Waals surface area contributed by atoms with Crippen LogP contribution in [0.2, 0.25) is 0 Å². The van der Waals surface area contributed by atoms with Gasteiger partial charge in [-0.2, -0.15) is 13.2 Å². The van der Waals surface area contributed by atoms with Gasteiger partial charge >= 0.3 is 6.18 Å². The Morgan fingerprint density at radius 2 is 1.94 bits per heavy atom. The lowest BCUT2D eigenvalue weighted by Crippen LogP contribution is -2.13. The molecule has 0 spiro atoms. The molecule has 0 radical (unpaired) electrons. The van der Waals surface area contributed by atoms with Crippen LogP contribution in [0.3, 0.4) is 0 Å². The Morgan fingerprint density at radius 3 is 2.47 bits per heavy atom. The van der Waals surface area contributed by atoms with E-state index in [1.54, 1.807) is 6.92 Å². The first-order valence-corrected chi connectivity index (χ1v) is 6.79. The van der Waals surface area contributed by atoms with Crippen molar-refractivity contribution in [2.75, 3.05) is 6.61 Å². The molecule has 6 heteroatoms. The third kappa shape index (κ3) is 4.87. The highest BCUT2D eigenvalue weighted by molar-refractivity contribution is 9.10. The van der Waals surface area contributed by atoms with Crippen molar-refractivity contribution in [3.63, 3.8) is 0 Å². The molecule has 0 amide bonds. The van der Waals surface area contributed by atoms with Crippen LogP contribution >= 0.6 is 31.9 Å². The fraction of sp³-hybridized carbons (Fsp3) is 0.455. The molecule has 1 aromatic carbocycles. The highest BCUT2D eigenvalue weighted by atomic mass is 79.9. The van der Waals surface area contributed by atoms with E-state index in [-0.39, 0.29) is 6.61 Å². The number of ether oxygens (including phenoxy) is 1. The van der Waals surface area contributed by atoms with Gasteiger partial charge in [-0.3, -0.25) is 0 Å². The minimum atomic E-state index is -4.18. The van der Waals surface area contributed by atoms with Gasteiger partial charge in [0.1, 0.15) is 5.75 Å². The van der Waals surface area contributed by atoms with E-state index in [0.717, 1.165) is 15.6 Å². The van der Waals surface area contributed by atoms with Gasteiger partial charge in [0.2, 0.25) is 0 Å². The molecule has 17 heavy (non-hydrogen) atoms. The highest BCUT2D eigenvalue weighted by Crippen LogP contribution is 2.30. The van der Waals surface area contributed by atoms with Crippen molar-refractivity contribution in [2.24, 2.45) is 0 Å². The van der Waals surface area contributed by atoms with Crippen molar-refractivity contribution in [3.8, 4) is 5.75 Å². The van der Waals surface area contributed by atoms with Crippen LogP contribution in [0.4, 0.5) is 13.2 Å². The Kier molecular flexibility index (Phi) is 5.31. The Hall–Kier alpha value is -0.230. The molecule has 0 aromatic heterocycles. The highest BCUT2D eigenvalue weighted by Gasteiger charge is 2.27. The van der Waals surface area contributed by atoms with Crippen LogP contribution in [0.1, 0.15) is 17.5 Å². The van der Waals surface area contributed by atoms with Crippen LogP contribution in [0, 0.1) is 6.92 Å². The van der Waals surface area contributed by atoms with Crippen LogP contribution in [0.15, 0.2) is 16.6 Å². The zero-order valence-electron chi connectivity index (χ0n) is 9.07. The molecule has 1 rings (SSSR count). The second-order valence-electron chi connectivity index (χ2n) is 3.56. The smallest absolute Gasteiger partial charge is 0.392 e. The normalized spacial score (nSPS) is 11.6. The van der Waals surface area contributed by atoms with Gasteiger partial charge < -0.3 is 4.74 Å². The van der Waals surface area contributed by atoms with Gasteiger partial charge in [0.25, 0.3) is 0 Å². The van der Waals surface area contributed by atoms with Gasteiger partial charge in [-0.25, -0.2) is 0 Å². The molecule has 96 valence electrons. The molecule has 0 saturated heterocycles. The van der Waals surface area contributed by atoms with Gasteiger partial charge in [0.15, 0.2) is 0 Å². The van der Waals surface area contributed by atoms with Crippen molar-refractivity contribution < 1.29 is 17.9 Å². The summed E-state index contributed by atoms with van der Waals surface area (Å²) in [7, 11) is 0. The van der Waals surface area contributed by atoms with Crippen molar-refractivity contribution in [1.29, 1.82) is 0 Å². The lowest BCUT2D eigenvalue weighted by molar-refractivity contribution is -0.139. The maximum atomic E-state index is 12.0. The third-order valence-corrected chi connectivity index (χ3v) is 3.15. The quantitative estimate of drug-likeness (QED) is 0.674. The standard InChI is InChI=1S/C11H11Br2F3O/c1-7-4-9(13)5-8(6-12)10(7)17-3-2-11(14,15)16/h4-5H,2-3,6H2,1H3. The topological polar surface area (TPSA) is 9.23 Å². The lowest BCUT2D eigenvalue weighted by atomic mass is 10.1. The largest absolute Gasteiger partial charge is 0.493 e. The molecule has 1 nitrogen and oxygen atoms in total. The fourth-order valence-corrected chi connectivity index (χ4v) is 2.41. The Morgan fingerprint density at radius 1 is 1.29 bits per heavy atom. The minimum Gasteiger partial charge on any atom is -0.493 e. The predicted octanol–water partition coefficient (Wildman–Crippen LogP) is 4.98. The number of aryl methyl sites for hydroxylation is 1. The second-order valence-corrected chi connectivity index (χ2v) is 5.03. The maximum Gasteiger partial charge on any atom is 0.392 e. The summed E-state index contributed by atoms with van der Waals surface area (Å²) >= 11 is 6.62. The van der Waals surface area contributed by atoms with E-state index in [9.17, 15) is 13.2 Å². The number of halogens is 5. The Balaban J connectivity index is 2.76. The SMILES string of the molecule is Cc1cc(Br)cc(CBr)c1OCCC(F)(F)F. The van der Waals surface area contributed by atoms with E-state index >= 15 is 0 Å². The zero-order valence-corrected chi connectivity index (χ0v) is 12.2. The Labute approximate surface area is 115 Å². The van der Waals surface area contributed by atoms with E-state index in [2.05, 4.69) is 31.9 Å². The van der Waals surface area contributed by atoms with Gasteiger partial charge in [0, 0.05) is 15.4 Å². The monoisotopic (exact) mass is 374 g/mol. The summed E-state index contributed by atoms with van der Waals surface area (Å²) in [5.41, 5.74) is 1.65. The summed E-state index contributed by atoms with van der Waals surface area (Å²) in [6.45, 7) is 1.45. The molecule has 0 N–H and O–H groups in total. The van der Waals surface area contributed by atoms with E-state index in [0.29, 0.717) is 11.1 Å². The first kappa shape index (κ1) is 14.8. The Bertz CT molecular complexity index is 391. The van der Waals surface area contributed by atoms with Crippen LogP contribution in [-0.2, 0) is 5.33 Å². The average Bonchev–Trinajstić information content (AvgIpc) is 2.18. The fourth-order valence-electron chi connectivity index (χ4n) is 1.37. The lowest BCUT2D eigenvalue weighted by Gasteiger charge is -2.14. The molecule has 0 aliphatic rings. The van der Waals surface area contributed by atoms with Crippen molar-refractivity contribution in [3.05, 3.63) is 27.7 Å². The van der Waals surface area contributed by atoms with Gasteiger partial charge in [-0.1, -0.05) is 31.9 Å². The maximum absolute atomic E-state index is 12.0. The summed E-state index contributed by atoms with van der Waals surface area (Å²) in [5.74, 6) is 0.523. The average molecular weight is 376 g/mol. The minimum absolute atomic E-state index is 0.355. The van der Waals surface area contributed by atoms with E-state index in [1.807, 2.05) is 12.1 Å². The molecule has 0 atom stereocenters. The van der Waals surface area contributed by atoms with Crippen LogP contribution in [-0.4, -0.2) is 12.8 Å². The molecule has 1 aromatic rings. The molecule has 0 bridgehead atoms. The van der Waals surface area contributed by atoms with Crippen LogP contribution in [0.5, 0.6) is 5.75 Å². The van der Waals surface area contributed by atoms with E-state index < -0.39 is 12.6 Å². The molecular formula is C11H11Br2F3O. The summed E-state index contributed by atoms with van der Waals surface area (Å²) in [4.78, 5) is 0. The first-order valence-electron chi connectivity index (χ1n) is 4.88. The van der Waals surface area contributed by atoms with E-state index in [4.69, 9.17) is 4.74 Å². The van der Waals surface area contributed by atoms with Crippen molar-refractivity contribution >= 4 is 31.9 Å². The number of benzene rings is 1. The molecular weight excluding hydrogens is 365 g/mol. The van der Waals surface area contributed by atoms with E-state index in [1.165, 1.54) is 0 Å². The first-order chi connectivity index (χ1) is 7.83. The predicted molar refractivity (Wildman–Crippen MR) is 67.7 cm³/mol. The van der Waals surface area contributed by atoms with Crippen LogP contribution in [0.25, 0.3) is 0 Å². The summed E-state index contributed by atoms with van der Waals surface area (Å²) < 4.78 is 42.1. The van der Waals surface area contributed by atoms with Crippen molar-refractivity contribution in [2.45, 2.75) is 24.9 Å². The van der Waals surface area contributed by atoms with Gasteiger partial charge in [0.05, 0.1) is 13.0 Å².